The SMILES string of the molecule is CCOCCNC(=O)C1CCCN(C2CCN(Cc3ccncc3)CC2)C1. The molecular weight excluding hydrogens is 340 g/mol. The molecule has 0 aliphatic carbocycles. The van der Waals surface area contributed by atoms with Gasteiger partial charge in [-0.1, -0.05) is 0 Å². The second-order valence-electron chi connectivity index (χ2n) is 7.68. The number of piperidine rings is 2. The minimum Gasteiger partial charge on any atom is -0.380 e. The minimum absolute atomic E-state index is 0.134. The lowest BCUT2D eigenvalue weighted by Crippen LogP contribution is -2.50. The second kappa shape index (κ2) is 10.7. The maximum Gasteiger partial charge on any atom is 0.224 e. The molecule has 27 heavy (non-hydrogen) atoms. The van der Waals surface area contributed by atoms with Gasteiger partial charge in [-0.2, -0.15) is 0 Å². The molecule has 2 fully saturated rings. The van der Waals surface area contributed by atoms with Crippen molar-refractivity contribution in [2.45, 2.75) is 45.2 Å². The zero-order chi connectivity index (χ0) is 18.9. The molecular formula is C21H34N4O2. The first-order valence-corrected chi connectivity index (χ1v) is 10.5. The quantitative estimate of drug-likeness (QED) is 0.705. The largest absolute Gasteiger partial charge is 0.380 e. The fraction of sp³-hybridized carbons (Fsp3) is 0.714. The van der Waals surface area contributed by atoms with E-state index in [1.165, 1.54) is 18.4 Å². The first-order chi connectivity index (χ1) is 13.3. The molecule has 3 heterocycles. The number of pyridine rings is 1. The van der Waals surface area contributed by atoms with Gasteiger partial charge in [0.25, 0.3) is 0 Å². The van der Waals surface area contributed by atoms with Crippen LogP contribution >= 0.6 is 0 Å². The van der Waals surface area contributed by atoms with Crippen LogP contribution in [0, 0.1) is 5.92 Å². The fourth-order valence-corrected chi connectivity index (χ4v) is 4.28. The summed E-state index contributed by atoms with van der Waals surface area (Å²) < 4.78 is 5.31. The predicted molar refractivity (Wildman–Crippen MR) is 106 cm³/mol. The number of nitrogens with zero attached hydrogens (tertiary/aromatic N) is 3. The lowest BCUT2D eigenvalue weighted by Gasteiger charge is -2.42. The van der Waals surface area contributed by atoms with Crippen molar-refractivity contribution in [2.24, 2.45) is 5.92 Å². The summed E-state index contributed by atoms with van der Waals surface area (Å²) in [5, 5.41) is 3.04. The Bertz CT molecular complexity index is 561. The Labute approximate surface area is 163 Å². The van der Waals surface area contributed by atoms with E-state index in [1.54, 1.807) is 0 Å². The molecule has 1 amide bonds. The average Bonchev–Trinajstić information content (AvgIpc) is 2.72. The van der Waals surface area contributed by atoms with Gasteiger partial charge in [0.15, 0.2) is 0 Å². The maximum atomic E-state index is 12.4. The first kappa shape index (κ1) is 20.2. The van der Waals surface area contributed by atoms with Crippen molar-refractivity contribution in [2.75, 3.05) is 45.9 Å². The van der Waals surface area contributed by atoms with Crippen LogP contribution in [-0.2, 0) is 16.1 Å². The van der Waals surface area contributed by atoms with Gasteiger partial charge < -0.3 is 10.1 Å². The standard InChI is InChI=1S/C21H34N4O2/c1-2-27-15-11-23-21(26)19-4-3-12-25(17-19)20-7-13-24(14-8-20)16-18-5-9-22-10-6-18/h5-6,9-10,19-20H,2-4,7-8,11-17H2,1H3,(H,23,26). The number of aromatic nitrogens is 1. The summed E-state index contributed by atoms with van der Waals surface area (Å²) in [6.07, 6.45) is 8.27. The van der Waals surface area contributed by atoms with E-state index in [4.69, 9.17) is 4.74 Å². The number of carbonyl (C=O) groups is 1. The highest BCUT2D eigenvalue weighted by Gasteiger charge is 2.31. The summed E-state index contributed by atoms with van der Waals surface area (Å²) in [7, 11) is 0. The maximum absolute atomic E-state index is 12.4. The van der Waals surface area contributed by atoms with Crippen LogP contribution in [0.5, 0.6) is 0 Å². The van der Waals surface area contributed by atoms with Crippen molar-refractivity contribution in [3.8, 4) is 0 Å². The van der Waals surface area contributed by atoms with E-state index in [1.807, 2.05) is 19.3 Å². The molecule has 0 spiro atoms. The van der Waals surface area contributed by atoms with Gasteiger partial charge >= 0.3 is 0 Å². The molecule has 2 aliphatic heterocycles. The van der Waals surface area contributed by atoms with Gasteiger partial charge in [-0.05, 0) is 69.9 Å². The van der Waals surface area contributed by atoms with Crippen LogP contribution in [0.2, 0.25) is 0 Å². The molecule has 2 aliphatic rings. The summed E-state index contributed by atoms with van der Waals surface area (Å²) in [6.45, 7) is 9.23. The highest BCUT2D eigenvalue weighted by atomic mass is 16.5. The number of nitrogens with one attached hydrogen (secondary N) is 1. The van der Waals surface area contributed by atoms with Gasteiger partial charge in [-0.25, -0.2) is 0 Å². The van der Waals surface area contributed by atoms with Crippen molar-refractivity contribution in [3.05, 3.63) is 30.1 Å². The molecule has 1 unspecified atom stereocenters. The van der Waals surface area contributed by atoms with Gasteiger partial charge in [-0.15, -0.1) is 0 Å². The van der Waals surface area contributed by atoms with Crippen LogP contribution in [0.25, 0.3) is 0 Å². The number of likely N-dealkylation sites (tertiary alicyclic amines) is 2. The van der Waals surface area contributed by atoms with E-state index in [0.29, 0.717) is 25.8 Å². The van der Waals surface area contributed by atoms with E-state index < -0.39 is 0 Å². The number of hydrogen-bond acceptors (Lipinski definition) is 5. The zero-order valence-corrected chi connectivity index (χ0v) is 16.6. The molecule has 1 N–H and O–H groups in total. The Morgan fingerprint density at radius 3 is 2.74 bits per heavy atom. The molecule has 150 valence electrons. The Morgan fingerprint density at radius 2 is 2.00 bits per heavy atom. The number of carbonyl (C=O) groups excluding carboxylic acids is 1. The summed E-state index contributed by atoms with van der Waals surface area (Å²) in [4.78, 5) is 21.6. The fourth-order valence-electron chi connectivity index (χ4n) is 4.28. The molecule has 1 atom stereocenters. The van der Waals surface area contributed by atoms with Gasteiger partial charge in [0.1, 0.15) is 0 Å². The lowest BCUT2D eigenvalue weighted by molar-refractivity contribution is -0.127. The smallest absolute Gasteiger partial charge is 0.224 e. The van der Waals surface area contributed by atoms with Crippen LogP contribution in [0.1, 0.15) is 38.2 Å². The molecule has 0 aromatic carbocycles. The highest BCUT2D eigenvalue weighted by Crippen LogP contribution is 2.24. The summed E-state index contributed by atoms with van der Waals surface area (Å²) in [5.41, 5.74) is 1.34. The second-order valence-corrected chi connectivity index (χ2v) is 7.68. The van der Waals surface area contributed by atoms with Crippen LogP contribution in [-0.4, -0.2) is 72.7 Å². The van der Waals surface area contributed by atoms with E-state index in [-0.39, 0.29) is 11.8 Å². The van der Waals surface area contributed by atoms with E-state index in [9.17, 15) is 4.79 Å². The van der Waals surface area contributed by atoms with Crippen LogP contribution in [0.3, 0.4) is 0 Å². The zero-order valence-electron chi connectivity index (χ0n) is 16.6. The normalized spacial score (nSPS) is 22.6. The molecule has 1 aromatic heterocycles. The summed E-state index contributed by atoms with van der Waals surface area (Å²) >= 11 is 0. The van der Waals surface area contributed by atoms with Gasteiger partial charge in [0.05, 0.1) is 12.5 Å². The molecule has 0 saturated carbocycles. The molecule has 2 saturated heterocycles. The average molecular weight is 375 g/mol. The third-order valence-corrected chi connectivity index (χ3v) is 5.80. The molecule has 6 heteroatoms. The third-order valence-electron chi connectivity index (χ3n) is 5.80. The van der Waals surface area contributed by atoms with Crippen molar-refractivity contribution >= 4 is 5.91 Å². The van der Waals surface area contributed by atoms with Gasteiger partial charge in [0, 0.05) is 44.7 Å². The number of rotatable bonds is 8. The first-order valence-electron chi connectivity index (χ1n) is 10.5. The Morgan fingerprint density at radius 1 is 1.22 bits per heavy atom. The summed E-state index contributed by atoms with van der Waals surface area (Å²) in [5.74, 6) is 0.338. The van der Waals surface area contributed by atoms with E-state index in [0.717, 1.165) is 45.6 Å². The van der Waals surface area contributed by atoms with Crippen molar-refractivity contribution in [1.29, 1.82) is 0 Å². The lowest BCUT2D eigenvalue weighted by atomic mass is 9.93. The summed E-state index contributed by atoms with van der Waals surface area (Å²) in [6, 6.07) is 4.83. The molecule has 6 nitrogen and oxygen atoms in total. The van der Waals surface area contributed by atoms with Crippen molar-refractivity contribution < 1.29 is 9.53 Å². The Balaban J connectivity index is 1.40. The number of amides is 1. The Hall–Kier alpha value is -1.50. The molecule has 0 radical (unpaired) electrons. The van der Waals surface area contributed by atoms with Crippen molar-refractivity contribution in [3.63, 3.8) is 0 Å². The van der Waals surface area contributed by atoms with Crippen LogP contribution < -0.4 is 5.32 Å². The molecule has 0 bridgehead atoms. The highest BCUT2D eigenvalue weighted by molar-refractivity contribution is 5.78. The topological polar surface area (TPSA) is 57.7 Å². The Kier molecular flexibility index (Phi) is 8.05. The van der Waals surface area contributed by atoms with Gasteiger partial charge in [0.2, 0.25) is 5.91 Å². The minimum atomic E-state index is 0.134. The van der Waals surface area contributed by atoms with E-state index in [2.05, 4.69) is 32.2 Å². The van der Waals surface area contributed by atoms with Crippen LogP contribution in [0.15, 0.2) is 24.5 Å². The van der Waals surface area contributed by atoms with Crippen LogP contribution in [0.4, 0.5) is 0 Å². The third kappa shape index (κ3) is 6.26. The number of ether oxygens (including phenoxy) is 1. The predicted octanol–water partition coefficient (Wildman–Crippen LogP) is 1.91. The molecule has 1 aromatic rings. The molecule has 3 rings (SSSR count). The van der Waals surface area contributed by atoms with Crippen molar-refractivity contribution in [1.82, 2.24) is 20.1 Å². The van der Waals surface area contributed by atoms with E-state index >= 15 is 0 Å². The monoisotopic (exact) mass is 374 g/mol. The number of hydrogen-bond donors (Lipinski definition) is 1. The van der Waals surface area contributed by atoms with Gasteiger partial charge in [-0.3, -0.25) is 19.6 Å².